The van der Waals surface area contributed by atoms with E-state index in [0.29, 0.717) is 12.3 Å². The molecule has 1 N–H and O–H groups in total. The summed E-state index contributed by atoms with van der Waals surface area (Å²) >= 11 is 13.8. The van der Waals surface area contributed by atoms with E-state index < -0.39 is 0 Å². The van der Waals surface area contributed by atoms with Crippen LogP contribution in [-0.2, 0) is 12.3 Å². The summed E-state index contributed by atoms with van der Waals surface area (Å²) in [7, 11) is 0. The Balaban J connectivity index is 1.58. The third-order valence-corrected chi connectivity index (χ3v) is 5.79. The minimum Gasteiger partial charge on any atom is -0.365 e. The maximum absolute atomic E-state index is 6.27. The van der Waals surface area contributed by atoms with Crippen LogP contribution in [0.2, 0.25) is 10.0 Å². The van der Waals surface area contributed by atoms with Crippen molar-refractivity contribution in [2.24, 2.45) is 0 Å². The highest BCUT2D eigenvalue weighted by Crippen LogP contribution is 2.28. The Morgan fingerprint density at radius 1 is 0.821 bits per heavy atom. The number of aromatic nitrogens is 2. The average molecular weight is 426 g/mol. The fourth-order valence-electron chi connectivity index (χ4n) is 2.80. The van der Waals surface area contributed by atoms with Gasteiger partial charge in [-0.15, -0.1) is 0 Å². The van der Waals surface area contributed by atoms with Gasteiger partial charge in [-0.3, -0.25) is 0 Å². The van der Waals surface area contributed by atoms with Crippen molar-refractivity contribution in [2.45, 2.75) is 17.5 Å². The van der Waals surface area contributed by atoms with Gasteiger partial charge in [-0.1, -0.05) is 77.4 Å². The lowest BCUT2D eigenvalue weighted by molar-refractivity contribution is 0.984. The smallest absolute Gasteiger partial charge is 0.190 e. The van der Waals surface area contributed by atoms with Crippen LogP contribution in [0.15, 0.2) is 78.0 Å². The van der Waals surface area contributed by atoms with Crippen LogP contribution < -0.4 is 5.32 Å². The quantitative estimate of drug-likeness (QED) is 0.271. The first-order valence-electron chi connectivity index (χ1n) is 8.80. The molecule has 0 saturated heterocycles. The summed E-state index contributed by atoms with van der Waals surface area (Å²) in [5, 5.41) is 6.65. The van der Waals surface area contributed by atoms with E-state index in [1.165, 1.54) is 0 Å². The summed E-state index contributed by atoms with van der Waals surface area (Å²) in [5.74, 6) is 1.54. The molecule has 3 aromatic carbocycles. The van der Waals surface area contributed by atoms with E-state index in [1.54, 1.807) is 11.8 Å². The number of nitrogens with zero attached hydrogens (tertiary/aromatic N) is 2. The summed E-state index contributed by atoms with van der Waals surface area (Å²) in [6, 6.07) is 23.7. The summed E-state index contributed by atoms with van der Waals surface area (Å²) in [4.78, 5) is 9.45. The van der Waals surface area contributed by atoms with Crippen molar-refractivity contribution in [1.29, 1.82) is 0 Å². The van der Waals surface area contributed by atoms with Crippen LogP contribution in [0, 0.1) is 0 Å². The predicted octanol–water partition coefficient (Wildman–Crippen LogP) is 6.84. The topological polar surface area (TPSA) is 37.8 Å². The van der Waals surface area contributed by atoms with Crippen molar-refractivity contribution in [3.8, 4) is 0 Å². The summed E-state index contributed by atoms with van der Waals surface area (Å²) in [6.07, 6.45) is 0. The number of hydrogen-bond acceptors (Lipinski definition) is 4. The van der Waals surface area contributed by atoms with Gasteiger partial charge in [0.05, 0.1) is 5.52 Å². The van der Waals surface area contributed by atoms with Crippen LogP contribution >= 0.6 is 35.0 Å². The van der Waals surface area contributed by atoms with Crippen LogP contribution in [0.25, 0.3) is 10.9 Å². The van der Waals surface area contributed by atoms with Gasteiger partial charge in [0.15, 0.2) is 5.16 Å². The maximum atomic E-state index is 6.27. The minimum atomic E-state index is 0.660. The molecule has 0 aliphatic rings. The van der Waals surface area contributed by atoms with E-state index in [9.17, 15) is 0 Å². The number of para-hydroxylation sites is 1. The highest BCUT2D eigenvalue weighted by molar-refractivity contribution is 7.98. The second-order valence-electron chi connectivity index (χ2n) is 6.23. The Labute approximate surface area is 178 Å². The second-order valence-corrected chi connectivity index (χ2v) is 8.02. The highest BCUT2D eigenvalue weighted by atomic mass is 35.5. The third kappa shape index (κ3) is 4.58. The van der Waals surface area contributed by atoms with Gasteiger partial charge in [0.25, 0.3) is 0 Å². The highest BCUT2D eigenvalue weighted by Gasteiger charge is 2.09. The number of benzene rings is 3. The van der Waals surface area contributed by atoms with Crippen LogP contribution in [0.4, 0.5) is 5.82 Å². The van der Waals surface area contributed by atoms with Gasteiger partial charge in [-0.2, -0.15) is 0 Å². The molecule has 0 bridgehead atoms. The second kappa shape index (κ2) is 8.82. The molecule has 28 heavy (non-hydrogen) atoms. The number of thioether (sulfide) groups is 1. The number of anilines is 1. The normalized spacial score (nSPS) is 10.9. The van der Waals surface area contributed by atoms with Crippen molar-refractivity contribution in [3.05, 3.63) is 94.0 Å². The van der Waals surface area contributed by atoms with Gasteiger partial charge in [-0.05, 0) is 41.5 Å². The fourth-order valence-corrected chi connectivity index (χ4v) is 4.06. The van der Waals surface area contributed by atoms with Crippen molar-refractivity contribution >= 4 is 51.7 Å². The first kappa shape index (κ1) is 19.1. The Bertz CT molecular complexity index is 1100. The molecule has 0 aliphatic carbocycles. The molecule has 1 heterocycles. The zero-order valence-corrected chi connectivity index (χ0v) is 17.2. The standard InChI is InChI=1S/C22H17Cl2N3S/c23-17-11-9-15(10-12-17)13-25-21-18-6-2-4-8-20(18)26-22(27-21)28-14-16-5-1-3-7-19(16)24/h1-12H,13-14H2,(H,25,26,27). The van der Waals surface area contributed by atoms with Crippen LogP contribution in [-0.4, -0.2) is 9.97 Å². The molecule has 6 heteroatoms. The van der Waals surface area contributed by atoms with Gasteiger partial charge in [0, 0.05) is 27.7 Å². The van der Waals surface area contributed by atoms with Crippen molar-refractivity contribution in [3.63, 3.8) is 0 Å². The first-order valence-corrected chi connectivity index (χ1v) is 10.5. The molecule has 0 radical (unpaired) electrons. The predicted molar refractivity (Wildman–Crippen MR) is 119 cm³/mol. The first-order chi connectivity index (χ1) is 13.7. The molecular formula is C22H17Cl2N3S. The number of nitrogens with one attached hydrogen (secondary N) is 1. The molecule has 4 aromatic rings. The van der Waals surface area contributed by atoms with Crippen LogP contribution in [0.3, 0.4) is 0 Å². The van der Waals surface area contributed by atoms with Crippen molar-refractivity contribution < 1.29 is 0 Å². The molecule has 0 atom stereocenters. The van der Waals surface area contributed by atoms with Crippen LogP contribution in [0.1, 0.15) is 11.1 Å². The van der Waals surface area contributed by atoms with E-state index in [1.807, 2.05) is 72.8 Å². The van der Waals surface area contributed by atoms with E-state index >= 15 is 0 Å². The van der Waals surface area contributed by atoms with Crippen molar-refractivity contribution in [1.82, 2.24) is 9.97 Å². The lowest BCUT2D eigenvalue weighted by Gasteiger charge is -2.11. The lowest BCUT2D eigenvalue weighted by Crippen LogP contribution is -2.04. The molecule has 140 valence electrons. The summed E-state index contributed by atoms with van der Waals surface area (Å²) in [6.45, 7) is 0.660. The van der Waals surface area contributed by atoms with E-state index in [4.69, 9.17) is 33.2 Å². The molecule has 3 nitrogen and oxygen atoms in total. The Kier molecular flexibility index (Phi) is 6.01. The number of fused-ring (bicyclic) bond motifs is 1. The largest absolute Gasteiger partial charge is 0.365 e. The lowest BCUT2D eigenvalue weighted by atomic mass is 10.2. The zero-order chi connectivity index (χ0) is 19.3. The third-order valence-electron chi connectivity index (χ3n) is 4.27. The SMILES string of the molecule is Clc1ccc(CNc2nc(SCc3ccccc3Cl)nc3ccccc23)cc1. The minimum absolute atomic E-state index is 0.660. The van der Waals surface area contributed by atoms with Gasteiger partial charge < -0.3 is 5.32 Å². The summed E-state index contributed by atoms with van der Waals surface area (Å²) < 4.78 is 0. The maximum Gasteiger partial charge on any atom is 0.190 e. The Hall–Kier alpha value is -2.27. The fraction of sp³-hybridized carbons (Fsp3) is 0.0909. The number of halogens is 2. The van der Waals surface area contributed by atoms with Crippen LogP contribution in [0.5, 0.6) is 0 Å². The monoisotopic (exact) mass is 425 g/mol. The van der Waals surface area contributed by atoms with E-state index in [2.05, 4.69) is 5.32 Å². The molecule has 4 rings (SSSR count). The number of rotatable bonds is 6. The Morgan fingerprint density at radius 3 is 2.39 bits per heavy atom. The molecule has 0 unspecified atom stereocenters. The number of hydrogen-bond donors (Lipinski definition) is 1. The molecule has 0 fully saturated rings. The van der Waals surface area contributed by atoms with Gasteiger partial charge in [0.1, 0.15) is 5.82 Å². The van der Waals surface area contributed by atoms with Gasteiger partial charge in [-0.25, -0.2) is 9.97 Å². The zero-order valence-electron chi connectivity index (χ0n) is 14.9. The summed E-state index contributed by atoms with van der Waals surface area (Å²) in [5.41, 5.74) is 3.12. The van der Waals surface area contributed by atoms with Gasteiger partial charge >= 0.3 is 0 Å². The van der Waals surface area contributed by atoms with E-state index in [-0.39, 0.29) is 0 Å². The van der Waals surface area contributed by atoms with Crippen molar-refractivity contribution in [2.75, 3.05) is 5.32 Å². The Morgan fingerprint density at radius 2 is 1.57 bits per heavy atom. The molecular weight excluding hydrogens is 409 g/mol. The average Bonchev–Trinajstić information content (AvgIpc) is 2.72. The molecule has 0 amide bonds. The van der Waals surface area contributed by atoms with Gasteiger partial charge in [0.2, 0.25) is 0 Å². The molecule has 1 aromatic heterocycles. The molecule has 0 spiro atoms. The molecule has 0 saturated carbocycles. The molecule has 0 aliphatic heterocycles. The van der Waals surface area contributed by atoms with E-state index in [0.717, 1.165) is 43.0 Å².